The fraction of sp³-hybridized carbons (Fsp3) is 0.667. The van der Waals surface area contributed by atoms with Crippen LogP contribution >= 0.6 is 0 Å². The first kappa shape index (κ1) is 15.5. The Balaban J connectivity index is 2.35. The van der Waals surface area contributed by atoms with Crippen LogP contribution in [0.5, 0.6) is 0 Å². The highest BCUT2D eigenvalue weighted by Crippen LogP contribution is 2.02. The number of rotatable bonds is 7. The molecule has 4 N–H and O–H groups in total. The van der Waals surface area contributed by atoms with Gasteiger partial charge in [-0.05, 0) is 7.05 Å². The Morgan fingerprint density at radius 2 is 2.32 bits per heavy atom. The molecule has 0 fully saturated rings. The van der Waals surface area contributed by atoms with E-state index in [2.05, 4.69) is 10.4 Å². The maximum Gasteiger partial charge on any atom is 0.223 e. The Kier molecular flexibility index (Phi) is 5.78. The van der Waals surface area contributed by atoms with Crippen molar-refractivity contribution in [1.29, 1.82) is 0 Å². The second-order valence-electron chi connectivity index (χ2n) is 4.89. The number of nitrogens with two attached hydrogens (primary N) is 1. The molecule has 1 rings (SSSR count). The average Bonchev–Trinajstić information content (AvgIpc) is 2.72. The number of anilines is 1. The van der Waals surface area contributed by atoms with E-state index >= 15 is 0 Å². The van der Waals surface area contributed by atoms with E-state index in [4.69, 9.17) is 5.73 Å². The SMILES string of the molecule is CNC(=O)C(C)CN(C)CC(O)Cn1cc(N)cn1. The highest BCUT2D eigenvalue weighted by Gasteiger charge is 2.16. The van der Waals surface area contributed by atoms with E-state index in [9.17, 15) is 9.90 Å². The number of nitrogens with one attached hydrogen (secondary N) is 1. The number of aliphatic hydroxyl groups excluding tert-OH is 1. The zero-order valence-corrected chi connectivity index (χ0v) is 11.7. The van der Waals surface area contributed by atoms with Crippen molar-refractivity contribution >= 4 is 11.6 Å². The third-order valence-electron chi connectivity index (χ3n) is 2.85. The number of aromatic nitrogens is 2. The molecular formula is C12H23N5O2. The van der Waals surface area contributed by atoms with Gasteiger partial charge in [0.1, 0.15) is 0 Å². The summed E-state index contributed by atoms with van der Waals surface area (Å²) in [6.07, 6.45) is 2.67. The summed E-state index contributed by atoms with van der Waals surface area (Å²) in [5.74, 6) is -0.108. The molecule has 2 unspecified atom stereocenters. The number of amides is 1. The van der Waals surface area contributed by atoms with Gasteiger partial charge in [-0.2, -0.15) is 5.10 Å². The second-order valence-corrected chi connectivity index (χ2v) is 4.89. The summed E-state index contributed by atoms with van der Waals surface area (Å²) in [4.78, 5) is 13.3. The molecule has 7 heteroatoms. The smallest absolute Gasteiger partial charge is 0.223 e. The van der Waals surface area contributed by atoms with E-state index in [1.165, 1.54) is 0 Å². The summed E-state index contributed by atoms with van der Waals surface area (Å²) in [6.45, 7) is 3.31. The lowest BCUT2D eigenvalue weighted by molar-refractivity contribution is -0.124. The van der Waals surface area contributed by atoms with Gasteiger partial charge in [0.05, 0.1) is 24.5 Å². The number of likely N-dealkylation sites (N-methyl/N-ethyl adjacent to an activating group) is 1. The minimum Gasteiger partial charge on any atom is -0.396 e. The molecule has 108 valence electrons. The minimum absolute atomic E-state index is 0.00110. The predicted octanol–water partition coefficient (Wildman–Crippen LogP) is -0.860. The lowest BCUT2D eigenvalue weighted by Crippen LogP contribution is -2.38. The fourth-order valence-electron chi connectivity index (χ4n) is 1.98. The third kappa shape index (κ3) is 5.27. The molecule has 0 saturated carbocycles. The number of nitrogens with zero attached hydrogens (tertiary/aromatic N) is 3. The number of carbonyl (C=O) groups excluding carboxylic acids is 1. The van der Waals surface area contributed by atoms with Crippen molar-refractivity contribution in [2.45, 2.75) is 19.6 Å². The standard InChI is InChI=1S/C12H23N5O2/c1-9(12(19)14-2)5-16(3)7-11(18)8-17-6-10(13)4-15-17/h4,6,9,11,18H,5,7-8,13H2,1-3H3,(H,14,19). The number of aliphatic hydroxyl groups is 1. The summed E-state index contributed by atoms with van der Waals surface area (Å²) in [5, 5.41) is 16.6. The summed E-state index contributed by atoms with van der Waals surface area (Å²) < 4.78 is 1.61. The molecular weight excluding hydrogens is 246 g/mol. The second kappa shape index (κ2) is 7.10. The van der Waals surface area contributed by atoms with Gasteiger partial charge in [-0.3, -0.25) is 9.48 Å². The molecule has 0 aliphatic carbocycles. The largest absolute Gasteiger partial charge is 0.396 e. The van der Waals surface area contributed by atoms with Gasteiger partial charge in [-0.25, -0.2) is 0 Å². The van der Waals surface area contributed by atoms with Crippen molar-refractivity contribution in [1.82, 2.24) is 20.0 Å². The first-order chi connectivity index (χ1) is 8.92. The van der Waals surface area contributed by atoms with Crippen LogP contribution in [-0.4, -0.2) is 59.0 Å². The predicted molar refractivity (Wildman–Crippen MR) is 73.4 cm³/mol. The van der Waals surface area contributed by atoms with Crippen LogP contribution in [0.1, 0.15) is 6.92 Å². The molecule has 1 amide bonds. The summed E-state index contributed by atoms with van der Waals surface area (Å²) >= 11 is 0. The molecule has 1 aromatic heterocycles. The maximum atomic E-state index is 11.4. The summed E-state index contributed by atoms with van der Waals surface area (Å²) in [5.41, 5.74) is 6.13. The Bertz CT molecular complexity index is 407. The normalized spacial score (nSPS) is 14.4. The molecule has 1 aromatic rings. The average molecular weight is 269 g/mol. The topological polar surface area (TPSA) is 96.4 Å². The fourth-order valence-corrected chi connectivity index (χ4v) is 1.98. The van der Waals surface area contributed by atoms with Crippen molar-refractivity contribution in [3.05, 3.63) is 12.4 Å². The van der Waals surface area contributed by atoms with E-state index < -0.39 is 6.10 Å². The van der Waals surface area contributed by atoms with Gasteiger partial charge >= 0.3 is 0 Å². The number of hydrogen-bond donors (Lipinski definition) is 3. The molecule has 1 heterocycles. The van der Waals surface area contributed by atoms with Crippen molar-refractivity contribution in [3.63, 3.8) is 0 Å². The van der Waals surface area contributed by atoms with Crippen LogP contribution in [0.3, 0.4) is 0 Å². The molecule has 0 aliphatic heterocycles. The summed E-state index contributed by atoms with van der Waals surface area (Å²) in [6, 6.07) is 0. The molecule has 0 spiro atoms. The first-order valence-electron chi connectivity index (χ1n) is 6.28. The zero-order valence-electron chi connectivity index (χ0n) is 11.7. The van der Waals surface area contributed by atoms with Crippen LogP contribution in [0.2, 0.25) is 0 Å². The lowest BCUT2D eigenvalue weighted by atomic mass is 10.1. The molecule has 0 radical (unpaired) electrons. The van der Waals surface area contributed by atoms with E-state index in [0.29, 0.717) is 25.3 Å². The number of nitrogen functional groups attached to an aromatic ring is 1. The van der Waals surface area contributed by atoms with Crippen LogP contribution in [0.25, 0.3) is 0 Å². The maximum absolute atomic E-state index is 11.4. The van der Waals surface area contributed by atoms with Crippen LogP contribution in [0.15, 0.2) is 12.4 Å². The van der Waals surface area contributed by atoms with Gasteiger partial charge in [0.2, 0.25) is 5.91 Å². The van der Waals surface area contributed by atoms with Gasteiger partial charge in [0.25, 0.3) is 0 Å². The highest BCUT2D eigenvalue weighted by atomic mass is 16.3. The van der Waals surface area contributed by atoms with Crippen molar-refractivity contribution < 1.29 is 9.90 Å². The van der Waals surface area contributed by atoms with Crippen molar-refractivity contribution in [2.24, 2.45) is 5.92 Å². The minimum atomic E-state index is -0.554. The van der Waals surface area contributed by atoms with E-state index in [-0.39, 0.29) is 11.8 Å². The monoisotopic (exact) mass is 269 g/mol. The van der Waals surface area contributed by atoms with Crippen LogP contribution < -0.4 is 11.1 Å². The van der Waals surface area contributed by atoms with E-state index in [1.807, 2.05) is 18.9 Å². The summed E-state index contributed by atoms with van der Waals surface area (Å²) in [7, 11) is 3.50. The number of carbonyl (C=O) groups is 1. The molecule has 0 aromatic carbocycles. The first-order valence-corrected chi connectivity index (χ1v) is 6.28. The molecule has 0 aliphatic rings. The molecule has 2 atom stereocenters. The van der Waals surface area contributed by atoms with Crippen LogP contribution in [0.4, 0.5) is 5.69 Å². The Labute approximate surface area is 113 Å². The van der Waals surface area contributed by atoms with Gasteiger partial charge in [-0.1, -0.05) is 6.92 Å². The van der Waals surface area contributed by atoms with Gasteiger partial charge in [0.15, 0.2) is 0 Å². The van der Waals surface area contributed by atoms with Gasteiger partial charge < -0.3 is 21.1 Å². The van der Waals surface area contributed by atoms with Gasteiger partial charge in [0, 0.05) is 32.3 Å². The van der Waals surface area contributed by atoms with E-state index in [1.54, 1.807) is 24.1 Å². The Hall–Kier alpha value is -1.60. The Morgan fingerprint density at radius 1 is 1.63 bits per heavy atom. The lowest BCUT2D eigenvalue weighted by Gasteiger charge is -2.23. The molecule has 7 nitrogen and oxygen atoms in total. The van der Waals surface area contributed by atoms with E-state index in [0.717, 1.165) is 0 Å². The molecule has 19 heavy (non-hydrogen) atoms. The van der Waals surface area contributed by atoms with Crippen molar-refractivity contribution in [3.8, 4) is 0 Å². The quantitative estimate of drug-likeness (QED) is 0.598. The molecule has 0 bridgehead atoms. The third-order valence-corrected chi connectivity index (χ3v) is 2.85. The van der Waals surface area contributed by atoms with Crippen LogP contribution in [-0.2, 0) is 11.3 Å². The highest BCUT2D eigenvalue weighted by molar-refractivity contribution is 5.78. The Morgan fingerprint density at radius 3 is 2.84 bits per heavy atom. The zero-order chi connectivity index (χ0) is 14.4. The van der Waals surface area contributed by atoms with Crippen molar-refractivity contribution in [2.75, 3.05) is 32.9 Å². The van der Waals surface area contributed by atoms with Gasteiger partial charge in [-0.15, -0.1) is 0 Å². The number of hydrogen-bond acceptors (Lipinski definition) is 5. The van der Waals surface area contributed by atoms with Crippen LogP contribution in [0, 0.1) is 5.92 Å². The molecule has 0 saturated heterocycles.